The number of halogens is 5. The van der Waals surface area contributed by atoms with Crippen LogP contribution in [0, 0.1) is 12.9 Å². The number of ether oxygens (including phenoxy) is 3. The van der Waals surface area contributed by atoms with E-state index >= 15 is 0 Å². The number of hydrogen-bond donors (Lipinski definition) is 1. The minimum Gasteiger partial charge on any atom is -0.491 e. The molecule has 0 saturated carbocycles. The zero-order valence-electron chi connectivity index (χ0n) is 32.6. The summed E-state index contributed by atoms with van der Waals surface area (Å²) in [5.41, 5.74) is 0.958. The number of fused-ring (bicyclic) bond motifs is 1. The Hall–Kier alpha value is -5.23. The van der Waals surface area contributed by atoms with Crippen LogP contribution in [0.25, 0.3) is 32.0 Å². The highest BCUT2D eigenvalue weighted by Gasteiger charge is 2.42. The van der Waals surface area contributed by atoms with E-state index in [4.69, 9.17) is 30.2 Å². The molecule has 0 aliphatic carbocycles. The van der Waals surface area contributed by atoms with Crippen LogP contribution in [0.5, 0.6) is 17.4 Å². The zero-order chi connectivity index (χ0) is 42.1. The Morgan fingerprint density at radius 2 is 1.78 bits per heavy atom. The minimum atomic E-state index is -4.50. The van der Waals surface area contributed by atoms with E-state index in [0.717, 1.165) is 37.4 Å². The summed E-state index contributed by atoms with van der Waals surface area (Å²) in [4.78, 5) is 27.6. The molecule has 1 aliphatic rings. The standard InChI is InChI=1S/C41H41ClF4N6O6S/c1-24-26(9-10-29(34(24)42)55-20-19-51-17-15-50(4)16-18-51)32-33-37(47-23-48-38(33)59-35(32)30-11-12-31(43)57-30)58-36(39(53)54)40(2,3)27-7-5-6-8-28(27)56-21-25-13-14-49-52(25)22-41(44,45)46/h5-14,23,36H,15-22H2,1-4H3,(H,53,54). The molecule has 1 unspecified atom stereocenters. The van der Waals surface area contributed by atoms with E-state index in [1.165, 1.54) is 42.1 Å². The molecule has 1 aliphatic heterocycles. The molecule has 5 heterocycles. The molecule has 7 rings (SSSR count). The number of alkyl halides is 3. The lowest BCUT2D eigenvalue weighted by molar-refractivity contribution is -0.148. The van der Waals surface area contributed by atoms with Gasteiger partial charge in [-0.05, 0) is 49.4 Å². The van der Waals surface area contributed by atoms with Crippen LogP contribution >= 0.6 is 22.9 Å². The first-order valence-corrected chi connectivity index (χ1v) is 19.9. The molecule has 59 heavy (non-hydrogen) atoms. The fourth-order valence-corrected chi connectivity index (χ4v) is 8.42. The summed E-state index contributed by atoms with van der Waals surface area (Å²) in [6.07, 6.45) is -3.60. The number of hydrogen-bond acceptors (Lipinski definition) is 11. The average Bonchev–Trinajstić information content (AvgIpc) is 3.93. The van der Waals surface area contributed by atoms with Crippen LogP contribution in [0.4, 0.5) is 17.6 Å². The van der Waals surface area contributed by atoms with Gasteiger partial charge in [-0.3, -0.25) is 9.58 Å². The number of rotatable bonds is 15. The summed E-state index contributed by atoms with van der Waals surface area (Å²) in [5.74, 6) is -0.486. The number of furan rings is 1. The molecule has 6 aromatic rings. The maximum absolute atomic E-state index is 14.4. The number of para-hydroxylation sites is 1. The molecular weight excluding hydrogens is 816 g/mol. The van der Waals surface area contributed by atoms with Gasteiger partial charge < -0.3 is 28.6 Å². The third kappa shape index (κ3) is 9.17. The largest absolute Gasteiger partial charge is 0.491 e. The number of nitrogens with zero attached hydrogens (tertiary/aromatic N) is 6. The highest BCUT2D eigenvalue weighted by Crippen LogP contribution is 2.50. The molecule has 0 radical (unpaired) electrons. The quantitative estimate of drug-likeness (QED) is 0.1000. The van der Waals surface area contributed by atoms with Crippen LogP contribution in [0.15, 0.2) is 71.5 Å². The van der Waals surface area contributed by atoms with Crippen molar-refractivity contribution in [1.82, 2.24) is 29.5 Å². The summed E-state index contributed by atoms with van der Waals surface area (Å²) in [6.45, 7) is 8.57. The fraction of sp³-hybridized carbons (Fsp3) is 0.366. The summed E-state index contributed by atoms with van der Waals surface area (Å²) in [7, 11) is 2.10. The SMILES string of the molecule is Cc1c(-c2c(-c3ccc(F)o3)sc3ncnc(OC(C(=O)O)C(C)(C)c4ccccc4OCc4ccnn4CC(F)(F)F)c23)ccc(OCCN2CCN(C)CC2)c1Cl. The number of carboxylic acids is 1. The van der Waals surface area contributed by atoms with Gasteiger partial charge in [-0.15, -0.1) is 11.3 Å². The van der Waals surface area contributed by atoms with Gasteiger partial charge in [0.1, 0.15) is 48.2 Å². The van der Waals surface area contributed by atoms with Crippen molar-refractivity contribution in [3.63, 3.8) is 0 Å². The Bertz CT molecular complexity index is 2440. The van der Waals surface area contributed by atoms with Crippen molar-refractivity contribution in [3.8, 4) is 39.1 Å². The number of aromatic nitrogens is 4. The molecule has 1 fully saturated rings. The molecule has 12 nitrogen and oxygen atoms in total. The van der Waals surface area contributed by atoms with Crippen molar-refractivity contribution < 1.29 is 46.1 Å². The number of thiophene rings is 1. The van der Waals surface area contributed by atoms with E-state index in [9.17, 15) is 27.5 Å². The Morgan fingerprint density at radius 3 is 2.49 bits per heavy atom. The second kappa shape index (κ2) is 17.2. The molecular formula is C41H41ClF4N6O6S. The Labute approximate surface area is 345 Å². The first-order chi connectivity index (χ1) is 28.1. The van der Waals surface area contributed by atoms with Crippen molar-refractivity contribution in [2.24, 2.45) is 0 Å². The third-order valence-electron chi connectivity index (χ3n) is 10.3. The van der Waals surface area contributed by atoms with Crippen LogP contribution in [0.2, 0.25) is 5.02 Å². The van der Waals surface area contributed by atoms with Gasteiger partial charge >= 0.3 is 12.1 Å². The predicted octanol–water partition coefficient (Wildman–Crippen LogP) is 8.49. The Balaban J connectivity index is 1.23. The Kier molecular flexibility index (Phi) is 12.2. The minimum absolute atomic E-state index is 0.0718. The number of likely N-dealkylation sites (N-methyl/N-ethyl adjacent to an activating group) is 1. The molecule has 1 N–H and O–H groups in total. The van der Waals surface area contributed by atoms with Gasteiger partial charge in [0.05, 0.1) is 21.0 Å². The molecule has 18 heteroatoms. The lowest BCUT2D eigenvalue weighted by Crippen LogP contribution is -2.45. The first kappa shape index (κ1) is 41.9. The van der Waals surface area contributed by atoms with E-state index in [1.807, 2.05) is 13.0 Å². The summed E-state index contributed by atoms with van der Waals surface area (Å²) in [5, 5.41) is 15.2. The van der Waals surface area contributed by atoms with Crippen LogP contribution in [-0.4, -0.2) is 99.3 Å². The van der Waals surface area contributed by atoms with E-state index in [2.05, 4.69) is 31.9 Å². The van der Waals surface area contributed by atoms with E-state index in [1.54, 1.807) is 44.2 Å². The molecule has 2 aromatic carbocycles. The molecule has 0 spiro atoms. The topological polar surface area (TPSA) is 128 Å². The van der Waals surface area contributed by atoms with Gasteiger partial charge in [0.2, 0.25) is 12.0 Å². The average molecular weight is 857 g/mol. The monoisotopic (exact) mass is 856 g/mol. The molecule has 4 aromatic heterocycles. The summed E-state index contributed by atoms with van der Waals surface area (Å²) < 4.78 is 78.8. The lowest BCUT2D eigenvalue weighted by Gasteiger charge is -2.33. The van der Waals surface area contributed by atoms with Crippen LogP contribution in [-0.2, 0) is 23.4 Å². The molecule has 1 saturated heterocycles. The fourth-order valence-electron chi connectivity index (χ4n) is 7.09. The maximum Gasteiger partial charge on any atom is 0.408 e. The molecule has 0 bridgehead atoms. The smallest absolute Gasteiger partial charge is 0.408 e. The van der Waals surface area contributed by atoms with Gasteiger partial charge in [0.25, 0.3) is 6.01 Å². The van der Waals surface area contributed by atoms with Crippen molar-refractivity contribution in [3.05, 3.63) is 95.0 Å². The highest BCUT2D eigenvalue weighted by atomic mass is 35.5. The third-order valence-corrected chi connectivity index (χ3v) is 11.9. The van der Waals surface area contributed by atoms with Gasteiger partial charge in [-0.25, -0.2) is 14.8 Å². The molecule has 312 valence electrons. The number of carboxylic acid groups (broad SMARTS) is 1. The second-order valence-corrected chi connectivity index (χ2v) is 16.1. The predicted molar refractivity (Wildman–Crippen MR) is 214 cm³/mol. The highest BCUT2D eigenvalue weighted by molar-refractivity contribution is 7.22. The van der Waals surface area contributed by atoms with E-state index < -0.39 is 36.2 Å². The van der Waals surface area contributed by atoms with Crippen LogP contribution in [0.3, 0.4) is 0 Å². The van der Waals surface area contributed by atoms with Crippen molar-refractivity contribution >= 4 is 39.1 Å². The number of piperazine rings is 1. The second-order valence-electron chi connectivity index (χ2n) is 14.8. The lowest BCUT2D eigenvalue weighted by atomic mass is 9.78. The van der Waals surface area contributed by atoms with Gasteiger partial charge in [0, 0.05) is 61.5 Å². The first-order valence-electron chi connectivity index (χ1n) is 18.7. The van der Waals surface area contributed by atoms with Gasteiger partial charge in [0.15, 0.2) is 0 Å². The van der Waals surface area contributed by atoms with E-state index in [-0.39, 0.29) is 29.7 Å². The summed E-state index contributed by atoms with van der Waals surface area (Å²) in [6, 6.07) is 13.5. The van der Waals surface area contributed by atoms with Crippen LogP contribution in [0.1, 0.15) is 30.7 Å². The Morgan fingerprint density at radius 1 is 1.02 bits per heavy atom. The van der Waals surface area contributed by atoms with Gasteiger partial charge in [-0.2, -0.15) is 22.7 Å². The van der Waals surface area contributed by atoms with Crippen LogP contribution < -0.4 is 14.2 Å². The number of benzene rings is 2. The number of carbonyl (C=O) groups is 1. The normalized spacial score (nSPS) is 14.8. The van der Waals surface area contributed by atoms with Crippen molar-refractivity contribution in [2.45, 2.75) is 51.6 Å². The van der Waals surface area contributed by atoms with E-state index in [0.29, 0.717) is 54.7 Å². The molecule has 0 amide bonds. The zero-order valence-corrected chi connectivity index (χ0v) is 34.1. The van der Waals surface area contributed by atoms with Crippen molar-refractivity contribution in [1.29, 1.82) is 0 Å². The summed E-state index contributed by atoms with van der Waals surface area (Å²) >= 11 is 8.16. The van der Waals surface area contributed by atoms with Crippen molar-refractivity contribution in [2.75, 3.05) is 46.4 Å². The maximum atomic E-state index is 14.4. The molecule has 1 atom stereocenters. The van der Waals surface area contributed by atoms with Gasteiger partial charge in [-0.1, -0.05) is 49.7 Å². The number of aliphatic carboxylic acids is 1.